The summed E-state index contributed by atoms with van der Waals surface area (Å²) in [4.78, 5) is 0. The van der Waals surface area contributed by atoms with E-state index in [9.17, 15) is 0 Å². The van der Waals surface area contributed by atoms with Crippen LogP contribution >= 0.6 is 0 Å². The summed E-state index contributed by atoms with van der Waals surface area (Å²) in [5.74, 6) is 0. The highest BCUT2D eigenvalue weighted by atomic mass is 79.9. The molecule has 0 atom stereocenters. The second-order valence-corrected chi connectivity index (χ2v) is 8.05. The van der Waals surface area contributed by atoms with E-state index in [1.54, 1.807) is 0 Å². The molecule has 0 amide bonds. The van der Waals surface area contributed by atoms with Crippen molar-refractivity contribution in [2.45, 2.75) is 103 Å². The summed E-state index contributed by atoms with van der Waals surface area (Å²) >= 11 is 0. The van der Waals surface area contributed by atoms with Gasteiger partial charge in [-0.25, -0.2) is 9.13 Å². The van der Waals surface area contributed by atoms with Gasteiger partial charge in [0.05, 0.1) is 6.54 Å². The van der Waals surface area contributed by atoms with Crippen molar-refractivity contribution >= 4 is 0 Å². The summed E-state index contributed by atoms with van der Waals surface area (Å²) in [5.41, 5.74) is 1.36. The van der Waals surface area contributed by atoms with Crippen molar-refractivity contribution in [2.24, 2.45) is 0 Å². The van der Waals surface area contributed by atoms with Crippen molar-refractivity contribution in [2.75, 3.05) is 0 Å². The van der Waals surface area contributed by atoms with E-state index in [1.807, 2.05) is 0 Å². The van der Waals surface area contributed by atoms with Crippen LogP contribution in [-0.2, 0) is 13.1 Å². The van der Waals surface area contributed by atoms with Crippen LogP contribution in [0.5, 0.6) is 0 Å². The smallest absolute Gasteiger partial charge is 0.244 e. The van der Waals surface area contributed by atoms with Gasteiger partial charge in [0, 0.05) is 0 Å². The number of halogens is 1. The summed E-state index contributed by atoms with van der Waals surface area (Å²) in [5, 5.41) is 0. The van der Waals surface area contributed by atoms with Crippen molar-refractivity contribution in [3.05, 3.63) is 54.6 Å². The van der Waals surface area contributed by atoms with Crippen LogP contribution in [-0.4, -0.2) is 4.57 Å². The first-order valence-electron chi connectivity index (χ1n) is 11.5. The van der Waals surface area contributed by atoms with Crippen molar-refractivity contribution in [1.82, 2.24) is 4.57 Å². The number of aryl methyl sites for hydroxylation is 1. The first-order chi connectivity index (χ1) is 13.4. The molecule has 2 nitrogen and oxygen atoms in total. The third kappa shape index (κ3) is 11.7. The van der Waals surface area contributed by atoms with E-state index in [-0.39, 0.29) is 17.0 Å². The fourth-order valence-corrected chi connectivity index (χ4v) is 3.77. The largest absolute Gasteiger partial charge is 1.00 e. The van der Waals surface area contributed by atoms with Gasteiger partial charge >= 0.3 is 0 Å². The molecule has 0 saturated carbocycles. The Morgan fingerprint density at radius 3 is 1.82 bits per heavy atom. The quantitative estimate of drug-likeness (QED) is 0.271. The van der Waals surface area contributed by atoms with Gasteiger partial charge in [0.2, 0.25) is 6.33 Å². The minimum atomic E-state index is 0. The molecular formula is C25H41BrN2. The highest BCUT2D eigenvalue weighted by molar-refractivity contribution is 5.13. The Bertz CT molecular complexity index is 579. The van der Waals surface area contributed by atoms with E-state index >= 15 is 0 Å². The van der Waals surface area contributed by atoms with Crippen LogP contribution in [0.15, 0.2) is 49.1 Å². The average Bonchev–Trinajstić information content (AvgIpc) is 3.13. The van der Waals surface area contributed by atoms with E-state index in [0.717, 1.165) is 13.1 Å². The Labute approximate surface area is 184 Å². The summed E-state index contributed by atoms with van der Waals surface area (Å²) in [6.45, 7) is 4.41. The van der Waals surface area contributed by atoms with E-state index < -0.39 is 0 Å². The molecule has 0 aliphatic carbocycles. The van der Waals surface area contributed by atoms with E-state index in [0.29, 0.717) is 0 Å². The van der Waals surface area contributed by atoms with Crippen LogP contribution in [0.1, 0.15) is 96.0 Å². The maximum atomic E-state index is 2.33. The van der Waals surface area contributed by atoms with Gasteiger partial charge in [-0.05, 0) is 18.4 Å². The molecular weight excluding hydrogens is 408 g/mol. The number of hydrogen-bond acceptors (Lipinski definition) is 0. The van der Waals surface area contributed by atoms with Gasteiger partial charge in [0.1, 0.15) is 18.9 Å². The molecule has 2 rings (SSSR count). The molecule has 158 valence electrons. The van der Waals surface area contributed by atoms with Gasteiger partial charge in [0.15, 0.2) is 0 Å². The lowest BCUT2D eigenvalue weighted by atomic mass is 10.0. The van der Waals surface area contributed by atoms with Crippen LogP contribution in [0.25, 0.3) is 0 Å². The van der Waals surface area contributed by atoms with E-state index in [1.165, 1.54) is 89.0 Å². The number of nitrogens with zero attached hydrogens (tertiary/aromatic N) is 2. The van der Waals surface area contributed by atoms with Crippen molar-refractivity contribution in [3.8, 4) is 0 Å². The van der Waals surface area contributed by atoms with Crippen LogP contribution in [0, 0.1) is 0 Å². The van der Waals surface area contributed by atoms with Crippen molar-refractivity contribution in [1.29, 1.82) is 0 Å². The first-order valence-corrected chi connectivity index (χ1v) is 11.5. The molecule has 0 fully saturated rings. The fraction of sp³-hybridized carbons (Fsp3) is 0.640. The second-order valence-electron chi connectivity index (χ2n) is 8.05. The van der Waals surface area contributed by atoms with Crippen LogP contribution in [0.2, 0.25) is 0 Å². The lowest BCUT2D eigenvalue weighted by molar-refractivity contribution is -0.687. The molecule has 0 spiro atoms. The molecule has 1 aromatic heterocycles. The highest BCUT2D eigenvalue weighted by Crippen LogP contribution is 2.12. The molecule has 0 radical (unpaired) electrons. The van der Waals surface area contributed by atoms with Crippen LogP contribution < -0.4 is 21.5 Å². The summed E-state index contributed by atoms with van der Waals surface area (Å²) in [6, 6.07) is 10.7. The first kappa shape index (κ1) is 24.9. The Kier molecular flexibility index (Phi) is 15.0. The molecule has 0 aliphatic heterocycles. The third-order valence-corrected chi connectivity index (χ3v) is 5.47. The molecule has 0 N–H and O–H groups in total. The second kappa shape index (κ2) is 16.8. The minimum Gasteiger partial charge on any atom is -1.00 e. The van der Waals surface area contributed by atoms with Gasteiger partial charge in [-0.15, -0.1) is 0 Å². The third-order valence-electron chi connectivity index (χ3n) is 5.47. The van der Waals surface area contributed by atoms with Gasteiger partial charge < -0.3 is 17.0 Å². The maximum Gasteiger partial charge on any atom is 0.244 e. The molecule has 2 aromatic rings. The summed E-state index contributed by atoms with van der Waals surface area (Å²) in [6.07, 6.45) is 25.1. The Hall–Kier alpha value is -1.09. The van der Waals surface area contributed by atoms with Crippen molar-refractivity contribution in [3.63, 3.8) is 0 Å². The standard InChI is InChI=1S/C25H41N2.BrH/c1-2-3-4-5-6-7-8-9-10-11-12-13-17-20-26-21-22-27(24-26)23-25-18-15-14-16-19-25;/h14-16,18-19,21-22,24H,2-13,17,20,23H2,1H3;1H/q+1;/p-1. The van der Waals surface area contributed by atoms with Gasteiger partial charge in [-0.3, -0.25) is 0 Å². The SMILES string of the molecule is CCCCCCCCCCCCCCCn1cc[n+](Cc2ccccc2)c1.[Br-]. The van der Waals surface area contributed by atoms with Crippen molar-refractivity contribution < 1.29 is 21.5 Å². The van der Waals surface area contributed by atoms with Crippen LogP contribution in [0.4, 0.5) is 0 Å². The number of imidazole rings is 1. The number of aromatic nitrogens is 2. The highest BCUT2D eigenvalue weighted by Gasteiger charge is 2.04. The normalized spacial score (nSPS) is 10.8. The average molecular weight is 450 g/mol. The zero-order valence-electron chi connectivity index (χ0n) is 18.0. The lowest BCUT2D eigenvalue weighted by Crippen LogP contribution is -3.00. The van der Waals surface area contributed by atoms with Gasteiger partial charge in [-0.1, -0.05) is 108 Å². The number of rotatable bonds is 16. The van der Waals surface area contributed by atoms with Gasteiger partial charge in [0.25, 0.3) is 0 Å². The summed E-state index contributed by atoms with van der Waals surface area (Å²) in [7, 11) is 0. The Balaban J connectivity index is 0.00000392. The van der Waals surface area contributed by atoms with Crippen LogP contribution in [0.3, 0.4) is 0 Å². The maximum absolute atomic E-state index is 2.33. The van der Waals surface area contributed by atoms with E-state index in [2.05, 4.69) is 65.1 Å². The lowest BCUT2D eigenvalue weighted by Gasteiger charge is -2.02. The topological polar surface area (TPSA) is 8.81 Å². The number of benzene rings is 1. The molecule has 0 aliphatic rings. The molecule has 0 saturated heterocycles. The fourth-order valence-electron chi connectivity index (χ4n) is 3.77. The Morgan fingerprint density at radius 1 is 0.714 bits per heavy atom. The Morgan fingerprint density at radius 2 is 1.25 bits per heavy atom. The molecule has 0 bridgehead atoms. The number of hydrogen-bond donors (Lipinski definition) is 0. The van der Waals surface area contributed by atoms with E-state index in [4.69, 9.17) is 0 Å². The van der Waals surface area contributed by atoms with Gasteiger partial charge in [-0.2, -0.15) is 0 Å². The molecule has 3 heteroatoms. The predicted octanol–water partition coefficient (Wildman–Crippen LogP) is 3.92. The molecule has 0 unspecified atom stereocenters. The molecule has 1 heterocycles. The zero-order valence-corrected chi connectivity index (χ0v) is 19.6. The predicted molar refractivity (Wildman–Crippen MR) is 116 cm³/mol. The minimum absolute atomic E-state index is 0. The molecule has 28 heavy (non-hydrogen) atoms. The monoisotopic (exact) mass is 448 g/mol. The number of unbranched alkanes of at least 4 members (excludes halogenated alkanes) is 12. The molecule has 1 aromatic carbocycles. The zero-order chi connectivity index (χ0) is 19.0. The summed E-state index contributed by atoms with van der Waals surface area (Å²) < 4.78 is 4.61.